The Labute approximate surface area is 129 Å². The Bertz CT molecular complexity index is 716. The molecule has 1 atom stereocenters. The van der Waals surface area contributed by atoms with Crippen LogP contribution in [0.1, 0.15) is 34.0 Å². The normalized spacial score (nSPS) is 20.4. The number of ether oxygens (including phenoxy) is 1. The van der Waals surface area contributed by atoms with Crippen molar-refractivity contribution in [2.24, 2.45) is 7.05 Å². The fourth-order valence-corrected chi connectivity index (χ4v) is 3.42. The van der Waals surface area contributed by atoms with Crippen LogP contribution < -0.4 is 4.90 Å². The molecule has 5 heteroatoms. The highest BCUT2D eigenvalue weighted by atomic mass is 16.5. The minimum absolute atomic E-state index is 0.0555. The van der Waals surface area contributed by atoms with Gasteiger partial charge >= 0.3 is 0 Å². The fraction of sp³-hybridized carbons (Fsp3) is 0.412. The van der Waals surface area contributed by atoms with Crippen LogP contribution in [0, 0.1) is 0 Å². The summed E-state index contributed by atoms with van der Waals surface area (Å²) in [7, 11) is 1.87. The number of para-hydroxylation sites is 1. The zero-order valence-electron chi connectivity index (χ0n) is 12.7. The van der Waals surface area contributed by atoms with Crippen LogP contribution in [0.3, 0.4) is 0 Å². The van der Waals surface area contributed by atoms with Gasteiger partial charge in [-0.1, -0.05) is 18.2 Å². The van der Waals surface area contributed by atoms with Crippen molar-refractivity contribution < 1.29 is 9.53 Å². The SMILES string of the molecule is Cn1cc(C(=O)N2CCc3ccccc32)c(C2CCOC2)n1. The molecule has 0 radical (unpaired) electrons. The van der Waals surface area contributed by atoms with Crippen molar-refractivity contribution in [1.82, 2.24) is 9.78 Å². The monoisotopic (exact) mass is 297 g/mol. The van der Waals surface area contributed by atoms with Crippen LogP contribution in [-0.2, 0) is 18.2 Å². The Balaban J connectivity index is 1.69. The van der Waals surface area contributed by atoms with E-state index in [2.05, 4.69) is 11.2 Å². The van der Waals surface area contributed by atoms with Crippen LogP contribution >= 0.6 is 0 Å². The van der Waals surface area contributed by atoms with Gasteiger partial charge in [-0.2, -0.15) is 5.10 Å². The number of carbonyl (C=O) groups excluding carboxylic acids is 1. The van der Waals surface area contributed by atoms with Crippen LogP contribution in [0.15, 0.2) is 30.5 Å². The van der Waals surface area contributed by atoms with Crippen LogP contribution in [0.4, 0.5) is 5.69 Å². The van der Waals surface area contributed by atoms with Crippen molar-refractivity contribution in [3.63, 3.8) is 0 Å². The van der Waals surface area contributed by atoms with Crippen molar-refractivity contribution in [3.8, 4) is 0 Å². The molecule has 1 unspecified atom stereocenters. The Morgan fingerprint density at radius 3 is 3.05 bits per heavy atom. The average Bonchev–Trinajstić information content (AvgIpc) is 3.25. The smallest absolute Gasteiger partial charge is 0.261 e. The number of hydrogen-bond donors (Lipinski definition) is 0. The lowest BCUT2D eigenvalue weighted by Gasteiger charge is -2.18. The van der Waals surface area contributed by atoms with E-state index in [1.165, 1.54) is 5.56 Å². The van der Waals surface area contributed by atoms with Gasteiger partial charge in [0.25, 0.3) is 5.91 Å². The molecule has 0 bridgehead atoms. The molecule has 5 nitrogen and oxygen atoms in total. The van der Waals surface area contributed by atoms with E-state index in [0.29, 0.717) is 6.61 Å². The minimum Gasteiger partial charge on any atom is -0.381 e. The Morgan fingerprint density at radius 1 is 1.36 bits per heavy atom. The number of fused-ring (bicyclic) bond motifs is 1. The predicted octanol–water partition coefficient (Wildman–Crippen LogP) is 2.13. The van der Waals surface area contributed by atoms with Crippen molar-refractivity contribution in [1.29, 1.82) is 0 Å². The molecule has 1 aromatic carbocycles. The van der Waals surface area contributed by atoms with Gasteiger partial charge in [0.1, 0.15) is 0 Å². The molecule has 0 aliphatic carbocycles. The number of rotatable bonds is 2. The maximum atomic E-state index is 13.0. The highest BCUT2D eigenvalue weighted by Gasteiger charge is 2.31. The Morgan fingerprint density at radius 2 is 2.23 bits per heavy atom. The molecule has 114 valence electrons. The average molecular weight is 297 g/mol. The molecular formula is C17H19N3O2. The van der Waals surface area contributed by atoms with E-state index in [-0.39, 0.29) is 11.8 Å². The van der Waals surface area contributed by atoms with E-state index in [1.54, 1.807) is 4.68 Å². The van der Waals surface area contributed by atoms with E-state index in [4.69, 9.17) is 4.74 Å². The third-order valence-corrected chi connectivity index (χ3v) is 4.54. The maximum Gasteiger partial charge on any atom is 0.261 e. The third-order valence-electron chi connectivity index (χ3n) is 4.54. The summed E-state index contributed by atoms with van der Waals surface area (Å²) in [5.41, 5.74) is 3.87. The van der Waals surface area contributed by atoms with Crippen molar-refractivity contribution in [3.05, 3.63) is 47.3 Å². The summed E-state index contributed by atoms with van der Waals surface area (Å²) in [5.74, 6) is 0.290. The first-order valence-electron chi connectivity index (χ1n) is 7.75. The topological polar surface area (TPSA) is 47.4 Å². The summed E-state index contributed by atoms with van der Waals surface area (Å²) < 4.78 is 7.20. The third kappa shape index (κ3) is 2.13. The van der Waals surface area contributed by atoms with E-state index < -0.39 is 0 Å². The zero-order chi connectivity index (χ0) is 15.1. The lowest BCUT2D eigenvalue weighted by atomic mass is 10.0. The second-order valence-electron chi connectivity index (χ2n) is 6.00. The lowest BCUT2D eigenvalue weighted by molar-refractivity contribution is 0.0988. The van der Waals surface area contributed by atoms with Crippen LogP contribution in [0.2, 0.25) is 0 Å². The molecule has 2 aliphatic rings. The summed E-state index contributed by atoms with van der Waals surface area (Å²) in [6.07, 6.45) is 3.70. The first-order valence-corrected chi connectivity index (χ1v) is 7.75. The van der Waals surface area contributed by atoms with Crippen molar-refractivity contribution in [2.75, 3.05) is 24.7 Å². The highest BCUT2D eigenvalue weighted by molar-refractivity contribution is 6.08. The highest BCUT2D eigenvalue weighted by Crippen LogP contribution is 2.32. The summed E-state index contributed by atoms with van der Waals surface area (Å²) >= 11 is 0. The summed E-state index contributed by atoms with van der Waals surface area (Å²) in [6.45, 7) is 2.16. The molecule has 1 saturated heterocycles. The quantitative estimate of drug-likeness (QED) is 0.853. The molecule has 22 heavy (non-hydrogen) atoms. The summed E-state index contributed by atoms with van der Waals surface area (Å²) in [5, 5.41) is 4.53. The molecule has 1 aromatic heterocycles. The van der Waals surface area contributed by atoms with Gasteiger partial charge in [0.2, 0.25) is 0 Å². The molecule has 1 fully saturated rings. The maximum absolute atomic E-state index is 13.0. The summed E-state index contributed by atoms with van der Waals surface area (Å²) in [4.78, 5) is 14.9. The number of anilines is 1. The second kappa shape index (κ2) is 5.25. The number of aryl methyl sites for hydroxylation is 1. The molecule has 2 aromatic rings. The second-order valence-corrected chi connectivity index (χ2v) is 6.00. The standard InChI is InChI=1S/C17H19N3O2/c1-19-10-14(16(18-19)13-7-9-22-11-13)17(21)20-8-6-12-4-2-3-5-15(12)20/h2-5,10,13H,6-9,11H2,1H3. The predicted molar refractivity (Wildman–Crippen MR) is 83.2 cm³/mol. The molecular weight excluding hydrogens is 278 g/mol. The van der Waals surface area contributed by atoms with E-state index in [0.717, 1.165) is 42.9 Å². The Hall–Kier alpha value is -2.14. The van der Waals surface area contributed by atoms with Gasteiger partial charge in [-0.25, -0.2) is 0 Å². The zero-order valence-corrected chi connectivity index (χ0v) is 12.7. The molecule has 0 spiro atoms. The van der Waals surface area contributed by atoms with Gasteiger partial charge in [0, 0.05) is 38.0 Å². The number of nitrogens with zero attached hydrogens (tertiary/aromatic N) is 3. The molecule has 2 aliphatic heterocycles. The fourth-order valence-electron chi connectivity index (χ4n) is 3.42. The molecule has 0 saturated carbocycles. The lowest BCUT2D eigenvalue weighted by Crippen LogP contribution is -2.29. The molecule has 4 rings (SSSR count). The van der Waals surface area contributed by atoms with Crippen molar-refractivity contribution in [2.45, 2.75) is 18.8 Å². The van der Waals surface area contributed by atoms with Gasteiger partial charge in [-0.3, -0.25) is 9.48 Å². The van der Waals surface area contributed by atoms with Crippen molar-refractivity contribution >= 4 is 11.6 Å². The number of amides is 1. The number of aromatic nitrogens is 2. The molecule has 3 heterocycles. The van der Waals surface area contributed by atoms with Gasteiger partial charge in [-0.15, -0.1) is 0 Å². The van der Waals surface area contributed by atoms with Crippen LogP contribution in [-0.4, -0.2) is 35.4 Å². The van der Waals surface area contributed by atoms with Gasteiger partial charge < -0.3 is 9.64 Å². The first-order chi connectivity index (χ1) is 10.7. The summed E-state index contributed by atoms with van der Waals surface area (Å²) in [6, 6.07) is 8.13. The van der Waals surface area contributed by atoms with E-state index >= 15 is 0 Å². The van der Waals surface area contributed by atoms with Gasteiger partial charge in [0.05, 0.1) is 17.9 Å². The van der Waals surface area contributed by atoms with Gasteiger partial charge in [-0.05, 0) is 24.5 Å². The van der Waals surface area contributed by atoms with Crippen LogP contribution in [0.5, 0.6) is 0 Å². The number of benzene rings is 1. The molecule has 1 amide bonds. The first kappa shape index (κ1) is 13.5. The van der Waals surface area contributed by atoms with E-state index in [1.807, 2.05) is 36.3 Å². The number of carbonyl (C=O) groups is 1. The molecule has 0 N–H and O–H groups in total. The Kier molecular flexibility index (Phi) is 3.22. The minimum atomic E-state index is 0.0555. The van der Waals surface area contributed by atoms with Gasteiger partial charge in [0.15, 0.2) is 0 Å². The van der Waals surface area contributed by atoms with Crippen LogP contribution in [0.25, 0.3) is 0 Å². The largest absolute Gasteiger partial charge is 0.381 e. The van der Waals surface area contributed by atoms with E-state index in [9.17, 15) is 4.79 Å². The number of hydrogen-bond acceptors (Lipinski definition) is 3.